The van der Waals surface area contributed by atoms with E-state index >= 15 is 0 Å². The molecule has 1 aliphatic heterocycles. The lowest BCUT2D eigenvalue weighted by Gasteiger charge is -2.23. The van der Waals surface area contributed by atoms with Crippen LogP contribution in [0.2, 0.25) is 5.02 Å². The molecule has 0 aliphatic carbocycles. The number of tetrazole rings is 1. The molecule has 0 unspecified atom stereocenters. The van der Waals surface area contributed by atoms with Gasteiger partial charge in [-0.05, 0) is 60.5 Å². The Morgan fingerprint density at radius 3 is 2.71 bits per heavy atom. The predicted molar refractivity (Wildman–Crippen MR) is 119 cm³/mol. The molecule has 0 saturated carbocycles. The van der Waals surface area contributed by atoms with Gasteiger partial charge in [-0.25, -0.2) is 8.78 Å². The number of carbonyl (C=O) groups is 2. The van der Waals surface area contributed by atoms with Crippen LogP contribution < -0.4 is 10.2 Å². The van der Waals surface area contributed by atoms with Gasteiger partial charge in [-0.15, -0.1) is 10.2 Å². The number of nitrogens with one attached hydrogen (secondary N) is 1. The van der Waals surface area contributed by atoms with Crippen molar-refractivity contribution in [2.24, 2.45) is 0 Å². The third kappa shape index (κ3) is 5.91. The zero-order chi connectivity index (χ0) is 24.1. The number of nitrogens with zero attached hydrogens (tertiary/aromatic N) is 5. The molecule has 1 fully saturated rings. The SMILES string of the molecule is O=C(CN(C(=O)Cn1nnc(-c2ccc(F)cc2)n1)c1ccc(F)c(Cl)c1)NC[C@@H]1CCCO1. The van der Waals surface area contributed by atoms with Gasteiger partial charge >= 0.3 is 0 Å². The second-order valence-electron chi connectivity index (χ2n) is 7.67. The molecule has 1 saturated heterocycles. The van der Waals surface area contributed by atoms with E-state index in [0.29, 0.717) is 18.7 Å². The first-order valence-corrected chi connectivity index (χ1v) is 10.9. The van der Waals surface area contributed by atoms with Gasteiger partial charge in [-0.2, -0.15) is 4.80 Å². The molecular formula is C22H21ClF2N6O3. The minimum Gasteiger partial charge on any atom is -0.376 e. The Kier molecular flexibility index (Phi) is 7.43. The molecule has 3 aromatic rings. The van der Waals surface area contributed by atoms with Crippen molar-refractivity contribution >= 4 is 29.1 Å². The minimum atomic E-state index is -0.650. The standard InChI is InChI=1S/C22H21ClF2N6O3/c23-18-10-16(7-8-19(18)25)30(12-20(32)26-11-17-2-1-9-34-17)21(33)13-31-28-22(27-29-31)14-3-5-15(24)6-4-14/h3-8,10,17H,1-2,9,11-13H2,(H,26,32)/t17-/m0/s1. The van der Waals surface area contributed by atoms with Gasteiger partial charge in [0.05, 0.1) is 11.1 Å². The van der Waals surface area contributed by atoms with Gasteiger partial charge in [0, 0.05) is 24.4 Å². The Morgan fingerprint density at radius 1 is 1.21 bits per heavy atom. The van der Waals surface area contributed by atoms with Gasteiger partial charge in [0.1, 0.15) is 24.7 Å². The molecule has 1 N–H and O–H groups in total. The van der Waals surface area contributed by atoms with E-state index in [4.69, 9.17) is 16.3 Å². The van der Waals surface area contributed by atoms with Gasteiger partial charge < -0.3 is 15.0 Å². The van der Waals surface area contributed by atoms with Crippen LogP contribution in [-0.2, 0) is 20.9 Å². The minimum absolute atomic E-state index is 0.0578. The van der Waals surface area contributed by atoms with E-state index < -0.39 is 23.4 Å². The van der Waals surface area contributed by atoms with Crippen LogP contribution in [0.1, 0.15) is 12.8 Å². The van der Waals surface area contributed by atoms with E-state index in [1.807, 2.05) is 0 Å². The number of halogens is 3. The van der Waals surface area contributed by atoms with Crippen molar-refractivity contribution in [3.05, 3.63) is 59.1 Å². The molecule has 0 radical (unpaired) electrons. The molecule has 178 valence electrons. The molecule has 12 heteroatoms. The zero-order valence-corrected chi connectivity index (χ0v) is 18.7. The predicted octanol–water partition coefficient (Wildman–Crippen LogP) is 2.60. The highest BCUT2D eigenvalue weighted by molar-refractivity contribution is 6.31. The third-order valence-electron chi connectivity index (χ3n) is 5.20. The van der Waals surface area contributed by atoms with Gasteiger partial charge in [0.15, 0.2) is 0 Å². The molecule has 1 aromatic heterocycles. The van der Waals surface area contributed by atoms with E-state index in [9.17, 15) is 18.4 Å². The lowest BCUT2D eigenvalue weighted by molar-refractivity contribution is -0.124. The number of hydrogen-bond acceptors (Lipinski definition) is 6. The molecule has 34 heavy (non-hydrogen) atoms. The van der Waals surface area contributed by atoms with E-state index in [1.165, 1.54) is 36.4 Å². The Hall–Kier alpha value is -3.44. The fourth-order valence-electron chi connectivity index (χ4n) is 3.44. The first kappa shape index (κ1) is 23.7. The smallest absolute Gasteiger partial charge is 0.251 e. The number of benzene rings is 2. The Labute approximate surface area is 198 Å². The van der Waals surface area contributed by atoms with Crippen molar-refractivity contribution in [3.8, 4) is 11.4 Å². The summed E-state index contributed by atoms with van der Waals surface area (Å²) in [6, 6.07) is 9.23. The van der Waals surface area contributed by atoms with Gasteiger partial charge in [-0.1, -0.05) is 11.6 Å². The molecule has 1 atom stereocenters. The monoisotopic (exact) mass is 490 g/mol. The highest BCUT2D eigenvalue weighted by Crippen LogP contribution is 2.23. The largest absolute Gasteiger partial charge is 0.376 e. The molecule has 0 bridgehead atoms. The van der Waals surface area contributed by atoms with Crippen LogP contribution in [-0.4, -0.2) is 57.8 Å². The van der Waals surface area contributed by atoms with E-state index in [0.717, 1.165) is 28.6 Å². The van der Waals surface area contributed by atoms with Crippen molar-refractivity contribution in [2.45, 2.75) is 25.5 Å². The van der Waals surface area contributed by atoms with Crippen LogP contribution in [0.3, 0.4) is 0 Å². The number of ether oxygens (including phenoxy) is 1. The van der Waals surface area contributed by atoms with Gasteiger partial charge in [-0.3, -0.25) is 9.59 Å². The van der Waals surface area contributed by atoms with Crippen molar-refractivity contribution in [3.63, 3.8) is 0 Å². The summed E-state index contributed by atoms with van der Waals surface area (Å²) in [5.74, 6) is -1.81. The van der Waals surface area contributed by atoms with Gasteiger partial charge in [0.25, 0.3) is 5.91 Å². The molecule has 2 amide bonds. The Balaban J connectivity index is 1.48. The molecule has 2 aromatic carbocycles. The van der Waals surface area contributed by atoms with Crippen LogP contribution >= 0.6 is 11.6 Å². The lowest BCUT2D eigenvalue weighted by Crippen LogP contribution is -2.44. The Morgan fingerprint density at radius 2 is 2.00 bits per heavy atom. The van der Waals surface area contributed by atoms with Gasteiger partial charge in [0.2, 0.25) is 11.7 Å². The summed E-state index contributed by atoms with van der Waals surface area (Å²) >= 11 is 5.89. The van der Waals surface area contributed by atoms with E-state index in [1.54, 1.807) is 0 Å². The van der Waals surface area contributed by atoms with E-state index in [2.05, 4.69) is 20.7 Å². The zero-order valence-electron chi connectivity index (χ0n) is 18.0. The highest BCUT2D eigenvalue weighted by atomic mass is 35.5. The van der Waals surface area contributed by atoms with Crippen molar-refractivity contribution < 1.29 is 23.1 Å². The number of amides is 2. The average Bonchev–Trinajstić information content (AvgIpc) is 3.51. The fourth-order valence-corrected chi connectivity index (χ4v) is 3.61. The summed E-state index contributed by atoms with van der Waals surface area (Å²) in [5, 5.41) is 14.5. The van der Waals surface area contributed by atoms with Crippen LogP contribution in [0.5, 0.6) is 0 Å². The summed E-state index contributed by atoms with van der Waals surface area (Å²) in [6.07, 6.45) is 1.73. The van der Waals surface area contributed by atoms with Crippen LogP contribution in [0.25, 0.3) is 11.4 Å². The van der Waals surface area contributed by atoms with Crippen LogP contribution in [0, 0.1) is 11.6 Å². The molecule has 0 spiro atoms. The maximum atomic E-state index is 13.7. The summed E-state index contributed by atoms with van der Waals surface area (Å²) in [6.45, 7) is 0.315. The second-order valence-corrected chi connectivity index (χ2v) is 8.07. The first-order valence-electron chi connectivity index (χ1n) is 10.6. The summed E-state index contributed by atoms with van der Waals surface area (Å²) in [4.78, 5) is 27.9. The number of aromatic nitrogens is 4. The maximum Gasteiger partial charge on any atom is 0.251 e. The van der Waals surface area contributed by atoms with Crippen molar-refractivity contribution in [1.29, 1.82) is 0 Å². The number of anilines is 1. The topological polar surface area (TPSA) is 102 Å². The van der Waals surface area contributed by atoms with Crippen LogP contribution in [0.15, 0.2) is 42.5 Å². The quantitative estimate of drug-likeness (QED) is 0.521. The molecule has 2 heterocycles. The molecular weight excluding hydrogens is 470 g/mol. The number of carbonyl (C=O) groups excluding carboxylic acids is 2. The summed E-state index contributed by atoms with van der Waals surface area (Å²) in [5.41, 5.74) is 0.762. The normalized spacial score (nSPS) is 15.3. The first-order chi connectivity index (χ1) is 16.4. The lowest BCUT2D eigenvalue weighted by atomic mass is 10.2. The molecule has 9 nitrogen and oxygen atoms in total. The number of hydrogen-bond donors (Lipinski definition) is 1. The fraction of sp³-hybridized carbons (Fsp3) is 0.318. The van der Waals surface area contributed by atoms with E-state index in [-0.39, 0.29) is 35.7 Å². The highest BCUT2D eigenvalue weighted by Gasteiger charge is 2.23. The maximum absolute atomic E-state index is 13.7. The third-order valence-corrected chi connectivity index (χ3v) is 5.49. The molecule has 1 aliphatic rings. The van der Waals surface area contributed by atoms with Crippen molar-refractivity contribution in [1.82, 2.24) is 25.5 Å². The molecule has 4 rings (SSSR count). The second kappa shape index (κ2) is 10.7. The summed E-state index contributed by atoms with van der Waals surface area (Å²) in [7, 11) is 0. The number of rotatable bonds is 8. The average molecular weight is 491 g/mol. The van der Waals surface area contributed by atoms with Crippen molar-refractivity contribution in [2.75, 3.05) is 24.6 Å². The Bertz CT molecular complexity index is 1170. The summed E-state index contributed by atoms with van der Waals surface area (Å²) < 4.78 is 32.3. The van der Waals surface area contributed by atoms with Crippen LogP contribution in [0.4, 0.5) is 14.5 Å².